The third-order valence-electron chi connectivity index (χ3n) is 1.86. The Labute approximate surface area is 77.5 Å². The maximum Gasteiger partial charge on any atom is 0.308 e. The van der Waals surface area contributed by atoms with Gasteiger partial charge < -0.3 is 4.74 Å². The lowest BCUT2D eigenvalue weighted by molar-refractivity contribution is -0.131. The molecule has 13 heavy (non-hydrogen) atoms. The predicted molar refractivity (Wildman–Crippen MR) is 48.7 cm³/mol. The molecular formula is C9H14N2O2. The van der Waals surface area contributed by atoms with Gasteiger partial charge in [0.05, 0.1) is 5.69 Å². The molecule has 0 unspecified atom stereocenters. The van der Waals surface area contributed by atoms with Gasteiger partial charge in [-0.05, 0) is 20.8 Å². The van der Waals surface area contributed by atoms with E-state index in [1.165, 1.54) is 6.92 Å². The molecule has 0 saturated carbocycles. The van der Waals surface area contributed by atoms with Crippen LogP contribution >= 0.6 is 0 Å². The van der Waals surface area contributed by atoms with Crippen molar-refractivity contribution < 1.29 is 9.53 Å². The van der Waals surface area contributed by atoms with Crippen molar-refractivity contribution in [1.29, 1.82) is 0 Å². The molecule has 0 amide bonds. The number of aromatic nitrogens is 2. The highest BCUT2D eigenvalue weighted by Crippen LogP contribution is 2.21. The van der Waals surface area contributed by atoms with Gasteiger partial charge in [-0.25, -0.2) is 0 Å². The SMILES string of the molecule is CCn1nc(C)c(OC(C)=O)c1C. The molecule has 72 valence electrons. The highest BCUT2D eigenvalue weighted by Gasteiger charge is 2.13. The summed E-state index contributed by atoms with van der Waals surface area (Å²) in [7, 11) is 0. The van der Waals surface area contributed by atoms with Crippen LogP contribution in [0.4, 0.5) is 0 Å². The fourth-order valence-corrected chi connectivity index (χ4v) is 1.28. The second kappa shape index (κ2) is 3.60. The maximum absolute atomic E-state index is 10.8. The molecule has 0 saturated heterocycles. The monoisotopic (exact) mass is 182 g/mol. The fourth-order valence-electron chi connectivity index (χ4n) is 1.28. The fraction of sp³-hybridized carbons (Fsp3) is 0.556. The van der Waals surface area contributed by atoms with Gasteiger partial charge in [0.25, 0.3) is 0 Å². The number of nitrogens with zero attached hydrogens (tertiary/aromatic N) is 2. The van der Waals surface area contributed by atoms with E-state index < -0.39 is 0 Å². The largest absolute Gasteiger partial charge is 0.423 e. The number of esters is 1. The second-order valence-electron chi connectivity index (χ2n) is 2.91. The molecule has 1 aromatic rings. The van der Waals surface area contributed by atoms with Crippen LogP contribution in [0.3, 0.4) is 0 Å². The highest BCUT2D eigenvalue weighted by atomic mass is 16.5. The van der Waals surface area contributed by atoms with Crippen LogP contribution in [0.15, 0.2) is 0 Å². The molecule has 0 atom stereocenters. The van der Waals surface area contributed by atoms with Crippen LogP contribution in [0, 0.1) is 13.8 Å². The van der Waals surface area contributed by atoms with Crippen LogP contribution in [0.25, 0.3) is 0 Å². The Bertz CT molecular complexity index is 329. The van der Waals surface area contributed by atoms with Gasteiger partial charge in [-0.3, -0.25) is 9.48 Å². The number of hydrogen-bond donors (Lipinski definition) is 0. The minimum atomic E-state index is -0.304. The molecular weight excluding hydrogens is 168 g/mol. The van der Waals surface area contributed by atoms with Gasteiger partial charge in [0, 0.05) is 13.5 Å². The van der Waals surface area contributed by atoms with E-state index in [9.17, 15) is 4.79 Å². The standard InChI is InChI=1S/C9H14N2O2/c1-5-11-7(3)9(6(2)10-11)13-8(4)12/h5H2,1-4H3. The number of carbonyl (C=O) groups is 1. The first-order valence-electron chi connectivity index (χ1n) is 4.28. The molecule has 0 fully saturated rings. The van der Waals surface area contributed by atoms with Crippen LogP contribution < -0.4 is 4.74 Å². The molecule has 0 bridgehead atoms. The number of ether oxygens (including phenoxy) is 1. The first-order chi connectivity index (χ1) is 6.06. The minimum absolute atomic E-state index is 0.304. The molecule has 0 radical (unpaired) electrons. The van der Waals surface area contributed by atoms with E-state index in [1.807, 2.05) is 25.5 Å². The zero-order chi connectivity index (χ0) is 10.0. The minimum Gasteiger partial charge on any atom is -0.423 e. The van der Waals surface area contributed by atoms with Crippen molar-refractivity contribution in [2.45, 2.75) is 34.2 Å². The number of rotatable bonds is 2. The number of hydrogen-bond acceptors (Lipinski definition) is 3. The van der Waals surface area contributed by atoms with Crippen LogP contribution in [-0.4, -0.2) is 15.7 Å². The summed E-state index contributed by atoms with van der Waals surface area (Å²) in [6.45, 7) is 7.90. The summed E-state index contributed by atoms with van der Waals surface area (Å²) in [6.07, 6.45) is 0. The van der Waals surface area contributed by atoms with Gasteiger partial charge in [-0.2, -0.15) is 5.10 Å². The Kier molecular flexibility index (Phi) is 2.70. The molecule has 1 heterocycles. The molecule has 0 N–H and O–H groups in total. The summed E-state index contributed by atoms with van der Waals surface area (Å²) in [5, 5.41) is 4.22. The third-order valence-corrected chi connectivity index (χ3v) is 1.86. The molecule has 0 aliphatic carbocycles. The highest BCUT2D eigenvalue weighted by molar-refractivity contribution is 5.69. The molecule has 4 nitrogen and oxygen atoms in total. The third kappa shape index (κ3) is 1.88. The average Bonchev–Trinajstić information content (AvgIpc) is 2.31. The predicted octanol–water partition coefficient (Wildman–Crippen LogP) is 1.45. The first kappa shape index (κ1) is 9.77. The lowest BCUT2D eigenvalue weighted by Crippen LogP contribution is -2.04. The topological polar surface area (TPSA) is 44.1 Å². The van der Waals surface area contributed by atoms with Gasteiger partial charge in [0.15, 0.2) is 5.75 Å². The quantitative estimate of drug-likeness (QED) is 0.650. The molecule has 4 heteroatoms. The molecule has 0 spiro atoms. The van der Waals surface area contributed by atoms with Crippen molar-refractivity contribution in [3.8, 4) is 5.75 Å². The number of aryl methyl sites for hydroxylation is 2. The van der Waals surface area contributed by atoms with Crippen LogP contribution in [0.1, 0.15) is 25.2 Å². The summed E-state index contributed by atoms with van der Waals surface area (Å²) in [4.78, 5) is 10.8. The van der Waals surface area contributed by atoms with Crippen molar-refractivity contribution in [2.24, 2.45) is 0 Å². The van der Waals surface area contributed by atoms with E-state index in [2.05, 4.69) is 5.10 Å². The summed E-state index contributed by atoms with van der Waals surface area (Å²) in [6, 6.07) is 0. The lowest BCUT2D eigenvalue weighted by atomic mass is 10.3. The van der Waals surface area contributed by atoms with E-state index in [-0.39, 0.29) is 5.97 Å². The van der Waals surface area contributed by atoms with Gasteiger partial charge in [-0.15, -0.1) is 0 Å². The Morgan fingerprint density at radius 3 is 2.54 bits per heavy atom. The number of carbonyl (C=O) groups excluding carboxylic acids is 1. The molecule has 0 aliphatic heterocycles. The molecule has 0 aliphatic rings. The van der Waals surface area contributed by atoms with Crippen molar-refractivity contribution in [3.05, 3.63) is 11.4 Å². The van der Waals surface area contributed by atoms with Crippen LogP contribution in [-0.2, 0) is 11.3 Å². The van der Waals surface area contributed by atoms with Crippen molar-refractivity contribution >= 4 is 5.97 Å². The summed E-state index contributed by atoms with van der Waals surface area (Å²) in [5.74, 6) is 0.288. The van der Waals surface area contributed by atoms with Crippen molar-refractivity contribution in [3.63, 3.8) is 0 Å². The van der Waals surface area contributed by atoms with Crippen LogP contribution in [0.2, 0.25) is 0 Å². The van der Waals surface area contributed by atoms with Gasteiger partial charge in [0.2, 0.25) is 0 Å². The zero-order valence-electron chi connectivity index (χ0n) is 8.42. The molecule has 1 aromatic heterocycles. The average molecular weight is 182 g/mol. The maximum atomic E-state index is 10.8. The smallest absolute Gasteiger partial charge is 0.308 e. The normalized spacial score (nSPS) is 10.2. The molecule has 0 aromatic carbocycles. The summed E-state index contributed by atoms with van der Waals surface area (Å²) < 4.78 is 6.85. The lowest BCUT2D eigenvalue weighted by Gasteiger charge is -2.01. The van der Waals surface area contributed by atoms with Gasteiger partial charge >= 0.3 is 5.97 Å². The Balaban J connectivity index is 3.05. The summed E-state index contributed by atoms with van der Waals surface area (Å²) >= 11 is 0. The Morgan fingerprint density at radius 2 is 2.15 bits per heavy atom. The van der Waals surface area contributed by atoms with E-state index in [0.29, 0.717) is 5.75 Å². The van der Waals surface area contributed by atoms with E-state index in [0.717, 1.165) is 17.9 Å². The first-order valence-corrected chi connectivity index (χ1v) is 4.28. The van der Waals surface area contributed by atoms with Gasteiger partial charge in [0.1, 0.15) is 5.69 Å². The summed E-state index contributed by atoms with van der Waals surface area (Å²) in [5.41, 5.74) is 1.66. The van der Waals surface area contributed by atoms with Gasteiger partial charge in [-0.1, -0.05) is 0 Å². The van der Waals surface area contributed by atoms with Crippen molar-refractivity contribution in [1.82, 2.24) is 9.78 Å². The van der Waals surface area contributed by atoms with E-state index in [4.69, 9.17) is 4.74 Å². The zero-order valence-corrected chi connectivity index (χ0v) is 8.42. The second-order valence-corrected chi connectivity index (χ2v) is 2.91. The molecule has 1 rings (SSSR count). The Morgan fingerprint density at radius 1 is 1.54 bits per heavy atom. The Hall–Kier alpha value is -1.32. The van der Waals surface area contributed by atoms with E-state index in [1.54, 1.807) is 0 Å². The van der Waals surface area contributed by atoms with E-state index >= 15 is 0 Å². The van der Waals surface area contributed by atoms with Crippen molar-refractivity contribution in [2.75, 3.05) is 0 Å². The van der Waals surface area contributed by atoms with Crippen LogP contribution in [0.5, 0.6) is 5.75 Å².